The molecule has 0 saturated carbocycles. The Bertz CT molecular complexity index is 508. The van der Waals surface area contributed by atoms with E-state index in [0.717, 1.165) is 12.8 Å². The second kappa shape index (κ2) is 6.45. The lowest BCUT2D eigenvalue weighted by Gasteiger charge is -2.03. The molecule has 0 aromatic heterocycles. The Labute approximate surface area is 109 Å². The lowest BCUT2D eigenvalue weighted by Crippen LogP contribution is -2.00. The van der Waals surface area contributed by atoms with Crippen LogP contribution in [0.4, 0.5) is 4.39 Å². The summed E-state index contributed by atoms with van der Waals surface area (Å²) in [5.41, 5.74) is 1.26. The first-order chi connectivity index (χ1) is 8.75. The maximum atomic E-state index is 12.7. The molecule has 18 heavy (non-hydrogen) atoms. The van der Waals surface area contributed by atoms with E-state index in [1.807, 2.05) is 18.2 Å². The number of hydrogen-bond donors (Lipinski definition) is 0. The van der Waals surface area contributed by atoms with E-state index in [1.54, 1.807) is 12.1 Å². The van der Waals surface area contributed by atoms with Gasteiger partial charge in [0.1, 0.15) is 5.82 Å². The molecule has 0 aliphatic rings. The average Bonchev–Trinajstić information content (AvgIpc) is 2.40. The van der Waals surface area contributed by atoms with Crippen molar-refractivity contribution in [1.82, 2.24) is 0 Å². The highest BCUT2D eigenvalue weighted by atomic mass is 32.2. The quantitative estimate of drug-likeness (QED) is 0.805. The van der Waals surface area contributed by atoms with Gasteiger partial charge < -0.3 is 0 Å². The van der Waals surface area contributed by atoms with E-state index in [2.05, 4.69) is 12.1 Å². The van der Waals surface area contributed by atoms with Crippen LogP contribution in [-0.4, -0.2) is 9.96 Å². The molecule has 1 unspecified atom stereocenters. The summed E-state index contributed by atoms with van der Waals surface area (Å²) in [7, 11) is -1.03. The second-order valence-electron chi connectivity index (χ2n) is 4.09. The molecule has 0 heterocycles. The number of hydrogen-bond acceptors (Lipinski definition) is 1. The molecule has 0 radical (unpaired) electrons. The first-order valence-corrected chi connectivity index (χ1v) is 7.25. The predicted molar refractivity (Wildman–Crippen MR) is 72.4 cm³/mol. The minimum Gasteiger partial charge on any atom is -0.254 e. The fourth-order valence-corrected chi connectivity index (χ4v) is 2.84. The SMILES string of the molecule is O=S(CCCc1ccccc1)c1ccc(F)cc1. The number of benzene rings is 2. The van der Waals surface area contributed by atoms with Crippen LogP contribution in [0.25, 0.3) is 0 Å². The van der Waals surface area contributed by atoms with Crippen LogP contribution in [-0.2, 0) is 17.2 Å². The van der Waals surface area contributed by atoms with Gasteiger partial charge in [0.15, 0.2) is 0 Å². The van der Waals surface area contributed by atoms with Crippen LogP contribution in [0.3, 0.4) is 0 Å². The van der Waals surface area contributed by atoms with Crippen LogP contribution >= 0.6 is 0 Å². The Morgan fingerprint density at radius 1 is 0.944 bits per heavy atom. The summed E-state index contributed by atoms with van der Waals surface area (Å²) in [5, 5.41) is 0. The third kappa shape index (κ3) is 3.77. The summed E-state index contributed by atoms with van der Waals surface area (Å²) in [5.74, 6) is 0.320. The van der Waals surface area contributed by atoms with Crippen molar-refractivity contribution in [3.63, 3.8) is 0 Å². The molecule has 0 saturated heterocycles. The van der Waals surface area contributed by atoms with Gasteiger partial charge in [0.25, 0.3) is 0 Å². The van der Waals surface area contributed by atoms with Crippen molar-refractivity contribution >= 4 is 10.8 Å². The zero-order valence-electron chi connectivity index (χ0n) is 10.0. The molecule has 0 aliphatic carbocycles. The standard InChI is InChI=1S/C15H15FOS/c16-14-8-10-15(11-9-14)18(17)12-4-7-13-5-2-1-3-6-13/h1-3,5-6,8-11H,4,7,12H2. The van der Waals surface area contributed by atoms with Gasteiger partial charge in [-0.15, -0.1) is 0 Å². The molecule has 2 aromatic rings. The predicted octanol–water partition coefficient (Wildman–Crippen LogP) is 3.57. The molecule has 2 aromatic carbocycles. The molecule has 94 valence electrons. The Balaban J connectivity index is 1.84. The number of rotatable bonds is 5. The Hall–Kier alpha value is -1.48. The number of aryl methyl sites for hydroxylation is 1. The van der Waals surface area contributed by atoms with Crippen LogP contribution in [0.15, 0.2) is 59.5 Å². The van der Waals surface area contributed by atoms with Crippen molar-refractivity contribution in [2.75, 3.05) is 5.75 Å². The highest BCUT2D eigenvalue weighted by molar-refractivity contribution is 7.85. The zero-order valence-corrected chi connectivity index (χ0v) is 10.8. The van der Waals surface area contributed by atoms with Gasteiger partial charge >= 0.3 is 0 Å². The molecule has 1 nitrogen and oxygen atoms in total. The molecular formula is C15H15FOS. The molecule has 0 N–H and O–H groups in total. The van der Waals surface area contributed by atoms with E-state index < -0.39 is 10.8 Å². The van der Waals surface area contributed by atoms with E-state index in [9.17, 15) is 8.60 Å². The van der Waals surface area contributed by atoms with Crippen LogP contribution < -0.4 is 0 Å². The van der Waals surface area contributed by atoms with E-state index in [4.69, 9.17) is 0 Å². The summed E-state index contributed by atoms with van der Waals surface area (Å²) >= 11 is 0. The van der Waals surface area contributed by atoms with Gasteiger partial charge in [-0.1, -0.05) is 30.3 Å². The van der Waals surface area contributed by atoms with Crippen LogP contribution in [0.1, 0.15) is 12.0 Å². The fraction of sp³-hybridized carbons (Fsp3) is 0.200. The lowest BCUT2D eigenvalue weighted by atomic mass is 10.1. The van der Waals surface area contributed by atoms with Crippen molar-refractivity contribution in [1.29, 1.82) is 0 Å². The van der Waals surface area contributed by atoms with Crippen molar-refractivity contribution in [3.05, 3.63) is 66.0 Å². The monoisotopic (exact) mass is 262 g/mol. The average molecular weight is 262 g/mol. The molecule has 2 rings (SSSR count). The molecule has 0 aliphatic heterocycles. The maximum Gasteiger partial charge on any atom is 0.123 e. The van der Waals surface area contributed by atoms with Gasteiger partial charge in [0.2, 0.25) is 0 Å². The first-order valence-electron chi connectivity index (χ1n) is 5.93. The van der Waals surface area contributed by atoms with E-state index in [1.165, 1.54) is 17.7 Å². The zero-order chi connectivity index (χ0) is 12.8. The summed E-state index contributed by atoms with van der Waals surface area (Å²) in [6.07, 6.45) is 1.79. The van der Waals surface area contributed by atoms with Gasteiger partial charge in [-0.05, 0) is 42.7 Å². The normalized spacial score (nSPS) is 12.3. The molecule has 3 heteroatoms. The third-order valence-electron chi connectivity index (χ3n) is 2.71. The Morgan fingerprint density at radius 2 is 1.61 bits per heavy atom. The Kier molecular flexibility index (Phi) is 4.65. The summed E-state index contributed by atoms with van der Waals surface area (Å²) in [4.78, 5) is 0.699. The summed E-state index contributed by atoms with van der Waals surface area (Å²) < 4.78 is 24.7. The minimum absolute atomic E-state index is 0.292. The van der Waals surface area contributed by atoms with Crippen molar-refractivity contribution in [3.8, 4) is 0 Å². The molecule has 1 atom stereocenters. The van der Waals surface area contributed by atoms with Crippen molar-refractivity contribution < 1.29 is 8.60 Å². The van der Waals surface area contributed by atoms with Gasteiger partial charge in [0.05, 0.1) is 10.8 Å². The molecule has 0 amide bonds. The molecule has 0 fully saturated rings. The van der Waals surface area contributed by atoms with Gasteiger partial charge in [-0.25, -0.2) is 4.39 Å². The minimum atomic E-state index is -1.03. The van der Waals surface area contributed by atoms with Gasteiger partial charge in [-0.2, -0.15) is 0 Å². The number of halogens is 1. The second-order valence-corrected chi connectivity index (χ2v) is 5.66. The summed E-state index contributed by atoms with van der Waals surface area (Å²) in [6.45, 7) is 0. The van der Waals surface area contributed by atoms with E-state index >= 15 is 0 Å². The van der Waals surface area contributed by atoms with Crippen molar-refractivity contribution in [2.24, 2.45) is 0 Å². The molecular weight excluding hydrogens is 247 g/mol. The van der Waals surface area contributed by atoms with Crippen LogP contribution in [0, 0.1) is 5.82 Å². The topological polar surface area (TPSA) is 17.1 Å². The van der Waals surface area contributed by atoms with Crippen LogP contribution in [0.2, 0.25) is 0 Å². The smallest absolute Gasteiger partial charge is 0.123 e. The van der Waals surface area contributed by atoms with Crippen LogP contribution in [0.5, 0.6) is 0 Å². The Morgan fingerprint density at radius 3 is 2.28 bits per heavy atom. The lowest BCUT2D eigenvalue weighted by molar-refractivity contribution is 0.626. The molecule has 0 bridgehead atoms. The maximum absolute atomic E-state index is 12.7. The highest BCUT2D eigenvalue weighted by Gasteiger charge is 2.03. The van der Waals surface area contributed by atoms with Gasteiger partial charge in [-0.3, -0.25) is 4.21 Å². The van der Waals surface area contributed by atoms with Gasteiger partial charge in [0, 0.05) is 10.6 Å². The third-order valence-corrected chi connectivity index (χ3v) is 4.17. The fourth-order valence-electron chi connectivity index (χ4n) is 1.76. The van der Waals surface area contributed by atoms with E-state index in [0.29, 0.717) is 10.6 Å². The first kappa shape index (κ1) is 13.0. The van der Waals surface area contributed by atoms with E-state index in [-0.39, 0.29) is 5.82 Å². The largest absolute Gasteiger partial charge is 0.254 e. The highest BCUT2D eigenvalue weighted by Crippen LogP contribution is 2.10. The summed E-state index contributed by atoms with van der Waals surface area (Å²) in [6, 6.07) is 16.0. The molecule has 0 spiro atoms. The van der Waals surface area contributed by atoms with Crippen molar-refractivity contribution in [2.45, 2.75) is 17.7 Å².